The number of aromatic carboxylic acids is 1. The Bertz CT molecular complexity index is 1060. The van der Waals surface area contributed by atoms with E-state index in [1.54, 1.807) is 12.1 Å². The molecule has 10 heteroatoms. The SMILES string of the molecule is CC.COc1ccnc(Nc2nc(-c3ccc(Cl)c(Cl)c3)c(CC(C)C)s2)c1C(=O)O.[CH3-].[K+]. The van der Waals surface area contributed by atoms with E-state index in [1.165, 1.54) is 30.7 Å². The van der Waals surface area contributed by atoms with E-state index in [0.29, 0.717) is 21.1 Å². The van der Waals surface area contributed by atoms with Gasteiger partial charge in [0.15, 0.2) is 10.9 Å². The molecule has 0 aliphatic carbocycles. The molecule has 3 rings (SSSR count). The normalized spacial score (nSPS) is 9.82. The molecule has 1 aromatic carbocycles. The van der Waals surface area contributed by atoms with Crippen LogP contribution in [0.3, 0.4) is 0 Å². The van der Waals surface area contributed by atoms with Crippen molar-refractivity contribution in [2.24, 2.45) is 5.92 Å². The van der Waals surface area contributed by atoms with E-state index in [1.807, 2.05) is 19.9 Å². The summed E-state index contributed by atoms with van der Waals surface area (Å²) in [5, 5.41) is 14.1. The molecule has 0 bridgehead atoms. The Labute approximate surface area is 252 Å². The summed E-state index contributed by atoms with van der Waals surface area (Å²) in [6, 6.07) is 6.88. The van der Waals surface area contributed by atoms with Crippen LogP contribution >= 0.6 is 34.5 Å². The summed E-state index contributed by atoms with van der Waals surface area (Å²) in [6.07, 6.45) is 2.29. The molecule has 2 aromatic heterocycles. The minimum absolute atomic E-state index is 0. The number of nitrogens with zero attached hydrogens (tertiary/aromatic N) is 2. The fourth-order valence-corrected chi connectivity index (χ4v) is 4.29. The van der Waals surface area contributed by atoms with E-state index in [2.05, 4.69) is 29.1 Å². The van der Waals surface area contributed by atoms with Crippen molar-refractivity contribution in [1.29, 1.82) is 0 Å². The molecular weight excluding hydrogens is 508 g/mol. The van der Waals surface area contributed by atoms with Crippen LogP contribution < -0.4 is 61.4 Å². The Morgan fingerprint density at radius 2 is 1.88 bits per heavy atom. The number of aromatic nitrogens is 2. The molecule has 0 saturated heterocycles. The molecule has 0 aliphatic rings. The van der Waals surface area contributed by atoms with Gasteiger partial charge in [-0.3, -0.25) is 0 Å². The van der Waals surface area contributed by atoms with Crippen LogP contribution in [0.4, 0.5) is 10.9 Å². The molecule has 2 N–H and O–H groups in total. The first-order valence-corrected chi connectivity index (χ1v) is 11.4. The number of anilines is 2. The molecular formula is C23H28Cl2KN3O3S. The first kappa shape index (κ1) is 32.3. The predicted molar refractivity (Wildman–Crippen MR) is 135 cm³/mol. The minimum atomic E-state index is -1.14. The average Bonchev–Trinajstić information content (AvgIpc) is 3.12. The van der Waals surface area contributed by atoms with E-state index in [0.717, 1.165) is 22.6 Å². The number of benzene rings is 1. The maximum Gasteiger partial charge on any atom is 1.00 e. The number of hydrogen-bond acceptors (Lipinski definition) is 6. The molecule has 0 aliphatic heterocycles. The van der Waals surface area contributed by atoms with Crippen molar-refractivity contribution in [2.45, 2.75) is 34.1 Å². The van der Waals surface area contributed by atoms with E-state index in [9.17, 15) is 9.90 Å². The molecule has 6 nitrogen and oxygen atoms in total. The Hall–Kier alpha value is -0.714. The van der Waals surface area contributed by atoms with Gasteiger partial charge in [0.2, 0.25) is 0 Å². The van der Waals surface area contributed by atoms with E-state index >= 15 is 0 Å². The predicted octanol–water partition coefficient (Wildman–Crippen LogP) is 4.64. The maximum atomic E-state index is 11.7. The van der Waals surface area contributed by atoms with Crippen molar-refractivity contribution in [1.82, 2.24) is 9.97 Å². The van der Waals surface area contributed by atoms with Gasteiger partial charge in [-0.15, -0.1) is 11.3 Å². The minimum Gasteiger partial charge on any atom is -0.496 e. The van der Waals surface area contributed by atoms with Crippen molar-refractivity contribution < 1.29 is 66.0 Å². The quantitative estimate of drug-likeness (QED) is 0.338. The number of nitrogens with one attached hydrogen (secondary N) is 1. The molecule has 0 spiro atoms. The van der Waals surface area contributed by atoms with Gasteiger partial charge in [-0.2, -0.15) is 0 Å². The van der Waals surface area contributed by atoms with Gasteiger partial charge in [0.1, 0.15) is 11.3 Å². The molecule has 2 heterocycles. The second-order valence-corrected chi connectivity index (χ2v) is 8.58. The number of thiazole rings is 1. The molecule has 0 saturated carbocycles. The monoisotopic (exact) mass is 535 g/mol. The number of pyridine rings is 1. The number of rotatable bonds is 7. The summed E-state index contributed by atoms with van der Waals surface area (Å²) in [5.74, 6) is -0.337. The molecule has 0 atom stereocenters. The number of ether oxygens (including phenoxy) is 1. The van der Waals surface area contributed by atoms with Gasteiger partial charge < -0.3 is 22.6 Å². The van der Waals surface area contributed by atoms with Crippen molar-refractivity contribution in [2.75, 3.05) is 12.4 Å². The molecule has 33 heavy (non-hydrogen) atoms. The van der Waals surface area contributed by atoms with Gasteiger partial charge in [0.25, 0.3) is 0 Å². The number of methoxy groups -OCH3 is 1. The third-order valence-corrected chi connectivity index (χ3v) is 5.79. The Morgan fingerprint density at radius 1 is 1.21 bits per heavy atom. The van der Waals surface area contributed by atoms with Crippen molar-refractivity contribution >= 4 is 51.5 Å². The van der Waals surface area contributed by atoms with Gasteiger partial charge >= 0.3 is 57.4 Å². The summed E-state index contributed by atoms with van der Waals surface area (Å²) in [5.41, 5.74) is 1.58. The van der Waals surface area contributed by atoms with Crippen LogP contribution in [-0.2, 0) is 6.42 Å². The van der Waals surface area contributed by atoms with Crippen molar-refractivity contribution in [3.63, 3.8) is 0 Å². The zero-order valence-electron chi connectivity index (χ0n) is 20.0. The van der Waals surface area contributed by atoms with Crippen LogP contribution in [0.2, 0.25) is 10.0 Å². The summed E-state index contributed by atoms with van der Waals surface area (Å²) in [6.45, 7) is 8.25. The van der Waals surface area contributed by atoms with E-state index in [-0.39, 0.29) is 75.9 Å². The third-order valence-electron chi connectivity index (χ3n) is 4.06. The van der Waals surface area contributed by atoms with Crippen LogP contribution in [0.15, 0.2) is 30.5 Å². The molecule has 0 unspecified atom stereocenters. The Kier molecular flexibility index (Phi) is 15.0. The first-order valence-electron chi connectivity index (χ1n) is 9.78. The Morgan fingerprint density at radius 3 is 2.42 bits per heavy atom. The zero-order valence-corrected chi connectivity index (χ0v) is 25.4. The van der Waals surface area contributed by atoms with Gasteiger partial charge in [-0.05, 0) is 30.5 Å². The molecule has 0 radical (unpaired) electrons. The smallest absolute Gasteiger partial charge is 0.496 e. The van der Waals surface area contributed by atoms with Crippen LogP contribution in [0, 0.1) is 13.3 Å². The summed E-state index contributed by atoms with van der Waals surface area (Å²) in [4.78, 5) is 21.6. The second-order valence-electron chi connectivity index (χ2n) is 6.68. The van der Waals surface area contributed by atoms with Crippen LogP contribution in [0.1, 0.15) is 42.9 Å². The standard InChI is InChI=1S/C20H19Cl2N3O3S.C2H6.CH3.K/c1-10(2)8-15-17(11-4-5-12(21)13(22)9-11)24-20(29-15)25-18-16(19(26)27)14(28-3)6-7-23-18;1-2;;/h4-7,9-10H,8H2,1-3H3,(H,26,27)(H,23,24,25);1-2H3;1H3;/q;;-1;+1. The van der Waals surface area contributed by atoms with Crippen LogP contribution in [0.5, 0.6) is 5.75 Å². The summed E-state index contributed by atoms with van der Waals surface area (Å²) < 4.78 is 5.16. The number of hydrogen-bond donors (Lipinski definition) is 2. The maximum absolute atomic E-state index is 11.7. The molecule has 174 valence electrons. The van der Waals surface area contributed by atoms with E-state index in [4.69, 9.17) is 27.9 Å². The van der Waals surface area contributed by atoms with Gasteiger partial charge in [0, 0.05) is 16.6 Å². The topological polar surface area (TPSA) is 84.3 Å². The zero-order chi connectivity index (χ0) is 23.1. The third kappa shape index (κ3) is 8.47. The Balaban J connectivity index is 0.00000249. The second kappa shape index (κ2) is 15.3. The van der Waals surface area contributed by atoms with Crippen LogP contribution in [-0.4, -0.2) is 28.2 Å². The molecule has 3 aromatic rings. The molecule has 0 fully saturated rings. The van der Waals surface area contributed by atoms with Crippen molar-refractivity contribution in [3.8, 4) is 17.0 Å². The number of halogens is 2. The van der Waals surface area contributed by atoms with Gasteiger partial charge in [-0.1, -0.05) is 57.0 Å². The van der Waals surface area contributed by atoms with Crippen molar-refractivity contribution in [3.05, 3.63) is 58.4 Å². The number of carboxylic acid groups (broad SMARTS) is 1. The fraction of sp³-hybridized carbons (Fsp3) is 0.304. The number of carbonyl (C=O) groups is 1. The van der Waals surface area contributed by atoms with Crippen LogP contribution in [0.25, 0.3) is 11.3 Å². The fourth-order valence-electron chi connectivity index (χ4n) is 2.80. The van der Waals surface area contributed by atoms with Gasteiger partial charge in [0.05, 0.1) is 22.8 Å². The summed E-state index contributed by atoms with van der Waals surface area (Å²) in [7, 11) is 1.41. The average molecular weight is 537 g/mol. The van der Waals surface area contributed by atoms with Gasteiger partial charge in [-0.25, -0.2) is 14.8 Å². The van der Waals surface area contributed by atoms with E-state index < -0.39 is 5.97 Å². The largest absolute Gasteiger partial charge is 1.00 e. The molecule has 0 amide bonds. The summed E-state index contributed by atoms with van der Waals surface area (Å²) >= 11 is 13.7. The number of carboxylic acids is 1. The first-order chi connectivity index (χ1) is 14.8.